The summed E-state index contributed by atoms with van der Waals surface area (Å²) in [6.45, 7) is 2.38. The first-order valence-electron chi connectivity index (χ1n) is 9.96. The molecule has 4 rings (SSSR count). The Hall–Kier alpha value is -2.89. The van der Waals surface area contributed by atoms with E-state index in [2.05, 4.69) is 122 Å². The van der Waals surface area contributed by atoms with E-state index in [0.717, 1.165) is 5.75 Å². The zero-order valence-corrected chi connectivity index (χ0v) is 17.8. The smallest absolute Gasteiger partial charge is 0.119 e. The molecule has 0 bridgehead atoms. The number of hydrogen-bond acceptors (Lipinski definition) is 1. The quantitative estimate of drug-likeness (QED) is 0.377. The van der Waals surface area contributed by atoms with Gasteiger partial charge in [-0.1, -0.05) is 66.7 Å². The molecule has 4 aromatic rings. The molecule has 0 saturated heterocycles. The number of benzene rings is 4. The Morgan fingerprint density at radius 2 is 0.931 bits per heavy atom. The molecule has 0 radical (unpaired) electrons. The first-order valence-corrected chi connectivity index (χ1v) is 11.8. The monoisotopic (exact) mass is 397 g/mol. The van der Waals surface area contributed by atoms with Gasteiger partial charge in [0, 0.05) is 0 Å². The molecule has 1 nitrogen and oxygen atoms in total. The summed E-state index contributed by atoms with van der Waals surface area (Å²) in [5, 5.41) is 4.21. The van der Waals surface area contributed by atoms with E-state index >= 15 is 0 Å². The molecule has 0 aliphatic rings. The van der Waals surface area contributed by atoms with Gasteiger partial charge in [0.2, 0.25) is 0 Å². The molecule has 29 heavy (non-hydrogen) atoms. The topological polar surface area (TPSA) is 9.23 Å². The van der Waals surface area contributed by atoms with Crippen LogP contribution in [0.2, 0.25) is 0 Å². The van der Waals surface area contributed by atoms with Gasteiger partial charge in [-0.2, -0.15) is 0 Å². The number of ether oxygens (including phenoxy) is 1. The highest BCUT2D eigenvalue weighted by Gasteiger charge is 2.50. The molecule has 0 aliphatic heterocycles. The zero-order valence-electron chi connectivity index (χ0n) is 16.9. The third-order valence-corrected chi connectivity index (χ3v) is 10.5. The van der Waals surface area contributed by atoms with Crippen LogP contribution in [-0.2, 0) is 0 Å². The molecule has 144 valence electrons. The van der Waals surface area contributed by atoms with Crippen molar-refractivity contribution in [2.45, 2.75) is 12.6 Å². The minimum Gasteiger partial charge on any atom is -0.497 e. The fourth-order valence-corrected chi connectivity index (χ4v) is 9.00. The second-order valence-electron chi connectivity index (χ2n) is 7.18. The maximum absolute atomic E-state index is 5.40. The average molecular weight is 397 g/mol. The molecule has 0 saturated carbocycles. The van der Waals surface area contributed by atoms with Crippen LogP contribution in [0.1, 0.15) is 18.1 Å². The van der Waals surface area contributed by atoms with Crippen molar-refractivity contribution in [3.63, 3.8) is 0 Å². The molecule has 0 amide bonds. The van der Waals surface area contributed by atoms with Crippen molar-refractivity contribution in [2.75, 3.05) is 7.11 Å². The van der Waals surface area contributed by atoms with Crippen LogP contribution in [0.4, 0.5) is 0 Å². The molecule has 0 heterocycles. The van der Waals surface area contributed by atoms with E-state index in [-0.39, 0.29) is 0 Å². The summed E-state index contributed by atoms with van der Waals surface area (Å²) in [5.74, 6) is 0.893. The van der Waals surface area contributed by atoms with Gasteiger partial charge in [0.05, 0.1) is 7.11 Å². The van der Waals surface area contributed by atoms with E-state index in [9.17, 15) is 0 Å². The number of methoxy groups -OCH3 is 1. The van der Waals surface area contributed by atoms with Crippen LogP contribution >= 0.6 is 7.26 Å². The lowest BCUT2D eigenvalue weighted by molar-refractivity contribution is 0.414. The van der Waals surface area contributed by atoms with Gasteiger partial charge < -0.3 is 4.74 Å². The van der Waals surface area contributed by atoms with Crippen LogP contribution in [-0.4, -0.2) is 7.11 Å². The van der Waals surface area contributed by atoms with E-state index in [1.54, 1.807) is 7.11 Å². The molecule has 4 aromatic carbocycles. The molecule has 0 aliphatic carbocycles. The minimum atomic E-state index is -1.93. The molecular formula is C27H26OP+. The van der Waals surface area contributed by atoms with Gasteiger partial charge in [-0.3, -0.25) is 0 Å². The van der Waals surface area contributed by atoms with Gasteiger partial charge in [0.25, 0.3) is 0 Å². The second kappa shape index (κ2) is 8.64. The van der Waals surface area contributed by atoms with Crippen molar-refractivity contribution in [1.82, 2.24) is 0 Å². The third kappa shape index (κ3) is 3.59. The molecule has 0 spiro atoms. The summed E-state index contributed by atoms with van der Waals surface area (Å²) in [6.07, 6.45) is 0. The Morgan fingerprint density at radius 1 is 0.552 bits per heavy atom. The van der Waals surface area contributed by atoms with Gasteiger partial charge >= 0.3 is 0 Å². The van der Waals surface area contributed by atoms with Gasteiger partial charge in [0.15, 0.2) is 0 Å². The Bertz CT molecular complexity index is 931. The fourth-order valence-electron chi connectivity index (χ4n) is 4.21. The van der Waals surface area contributed by atoms with E-state index in [1.165, 1.54) is 21.5 Å². The third-order valence-electron chi connectivity index (χ3n) is 5.67. The average Bonchev–Trinajstić information content (AvgIpc) is 2.82. The van der Waals surface area contributed by atoms with Crippen LogP contribution in [0, 0.1) is 0 Å². The molecular weight excluding hydrogens is 371 g/mol. The Labute approximate surface area is 174 Å². The van der Waals surface area contributed by atoms with Crippen molar-refractivity contribution in [2.24, 2.45) is 0 Å². The lowest BCUT2D eigenvalue weighted by Gasteiger charge is -2.33. The first-order chi connectivity index (χ1) is 14.3. The van der Waals surface area contributed by atoms with Crippen LogP contribution in [0.15, 0.2) is 115 Å². The summed E-state index contributed by atoms with van der Waals surface area (Å²) in [4.78, 5) is 0. The largest absolute Gasteiger partial charge is 0.497 e. The van der Waals surface area contributed by atoms with E-state index in [4.69, 9.17) is 4.74 Å². The normalized spacial score (nSPS) is 12.3. The molecule has 0 fully saturated rings. The summed E-state index contributed by atoms with van der Waals surface area (Å²) < 4.78 is 5.40. The predicted molar refractivity (Wildman–Crippen MR) is 127 cm³/mol. The van der Waals surface area contributed by atoms with Crippen LogP contribution < -0.4 is 20.7 Å². The summed E-state index contributed by atoms with van der Waals surface area (Å²) in [6, 6.07) is 41.7. The van der Waals surface area contributed by atoms with E-state index < -0.39 is 7.26 Å². The Balaban J connectivity index is 2.01. The summed E-state index contributed by atoms with van der Waals surface area (Å²) >= 11 is 0. The predicted octanol–water partition coefficient (Wildman–Crippen LogP) is 5.75. The Kier molecular flexibility index (Phi) is 5.79. The van der Waals surface area contributed by atoms with Gasteiger partial charge in [-0.15, -0.1) is 0 Å². The van der Waals surface area contributed by atoms with Crippen molar-refractivity contribution in [3.8, 4) is 5.75 Å². The van der Waals surface area contributed by atoms with Crippen molar-refractivity contribution in [3.05, 3.63) is 121 Å². The standard InChI is InChI=1S/C27H26OP/c1-22(23-18-20-24(28-2)21-19-23)29(25-12-6-3-7-13-25,26-14-8-4-9-15-26)27-16-10-5-11-17-27/h3-22H,1-2H3/q+1. The highest BCUT2D eigenvalue weighted by molar-refractivity contribution is 7.95. The van der Waals surface area contributed by atoms with Crippen molar-refractivity contribution < 1.29 is 4.74 Å². The van der Waals surface area contributed by atoms with Crippen LogP contribution in [0.5, 0.6) is 5.75 Å². The van der Waals surface area contributed by atoms with E-state index in [0.29, 0.717) is 5.66 Å². The lowest BCUT2D eigenvalue weighted by atomic mass is 10.1. The van der Waals surface area contributed by atoms with Crippen LogP contribution in [0.25, 0.3) is 0 Å². The maximum atomic E-state index is 5.40. The van der Waals surface area contributed by atoms with Crippen molar-refractivity contribution in [1.29, 1.82) is 0 Å². The molecule has 0 N–H and O–H groups in total. The number of rotatable bonds is 6. The molecule has 2 heteroatoms. The minimum absolute atomic E-state index is 0.320. The lowest BCUT2D eigenvalue weighted by Crippen LogP contribution is -2.34. The summed E-state index contributed by atoms with van der Waals surface area (Å²) in [7, 11) is -0.215. The first kappa shape index (κ1) is 19.4. The van der Waals surface area contributed by atoms with Crippen molar-refractivity contribution >= 4 is 23.2 Å². The van der Waals surface area contributed by atoms with Gasteiger partial charge in [-0.05, 0) is 61.0 Å². The summed E-state index contributed by atoms with van der Waals surface area (Å²) in [5.41, 5.74) is 1.65. The highest BCUT2D eigenvalue weighted by Crippen LogP contribution is 2.66. The van der Waals surface area contributed by atoms with Gasteiger partial charge in [-0.25, -0.2) is 0 Å². The van der Waals surface area contributed by atoms with Crippen LogP contribution in [0.3, 0.4) is 0 Å². The highest BCUT2D eigenvalue weighted by atomic mass is 31.2. The molecule has 0 aromatic heterocycles. The number of hydrogen-bond donors (Lipinski definition) is 0. The zero-order chi connectivity index (χ0) is 20.1. The van der Waals surface area contributed by atoms with Gasteiger partial charge in [0.1, 0.15) is 34.6 Å². The second-order valence-corrected chi connectivity index (χ2v) is 10.9. The maximum Gasteiger partial charge on any atom is 0.119 e. The van der Waals surface area contributed by atoms with E-state index in [1.807, 2.05) is 0 Å². The SMILES string of the molecule is COc1ccc(C(C)[P+](c2ccccc2)(c2ccccc2)c2ccccc2)cc1. The molecule has 1 atom stereocenters. The molecule has 1 unspecified atom stereocenters. The fraction of sp³-hybridized carbons (Fsp3) is 0.111. The Morgan fingerprint density at radius 3 is 1.28 bits per heavy atom.